The Morgan fingerprint density at radius 2 is 0.583 bits per heavy atom. The molecular weight excluding hydrogens is 1900 g/mol. The topological polar surface area (TPSA) is 222 Å². The van der Waals surface area contributed by atoms with E-state index in [0.29, 0.717) is 170 Å². The maximum Gasteiger partial charge on any atom is 2.00 e. The number of rotatable bonds is 33. The van der Waals surface area contributed by atoms with Crippen molar-refractivity contribution in [1.82, 2.24) is 39.9 Å². The molecule has 0 amide bonds. The van der Waals surface area contributed by atoms with Crippen molar-refractivity contribution in [2.75, 3.05) is 90.2 Å². The zero-order chi connectivity index (χ0) is 97.8. The molecule has 16 bridgehead atoms. The predicted molar refractivity (Wildman–Crippen MR) is 572 cm³/mol. The number of fused-ring (bicyclic) bond motifs is 19. The van der Waals surface area contributed by atoms with Crippen LogP contribution in [0.3, 0.4) is 0 Å². The molecule has 0 radical (unpaired) electrons. The number of hydrogen-bond donors (Lipinski definition) is 0. The van der Waals surface area contributed by atoms with Gasteiger partial charge >= 0.3 is 39.0 Å². The van der Waals surface area contributed by atoms with Crippen LogP contribution in [0.25, 0.3) is 183 Å². The second kappa shape index (κ2) is 43.2. The first-order valence-electron chi connectivity index (χ1n) is 48.0. The van der Waals surface area contributed by atoms with Gasteiger partial charge in [-0.05, 0) is 259 Å². The Morgan fingerprint density at radius 1 is 0.271 bits per heavy atom. The molecule has 23 heteroatoms. The quantitative estimate of drug-likeness (QED) is 0.0275. The van der Waals surface area contributed by atoms with Gasteiger partial charge in [-0.3, -0.25) is 0 Å². The smallest absolute Gasteiger partial charge is 0.657 e. The number of hydrogen-bond acceptors (Lipinski definition) is 17. The van der Waals surface area contributed by atoms with Crippen molar-refractivity contribution in [2.45, 2.75) is 83.5 Å². The summed E-state index contributed by atoms with van der Waals surface area (Å²) in [5.41, 5.74) is 29.1. The fraction of sp³-hybridized carbons (Fsp3) is 0.207. The summed E-state index contributed by atoms with van der Waals surface area (Å²) in [6.45, 7) is 4.57. The van der Waals surface area contributed by atoms with Gasteiger partial charge in [0.15, 0.2) is 46.0 Å². The van der Waals surface area contributed by atoms with Crippen LogP contribution in [0.2, 0.25) is 0 Å². The fourth-order valence-corrected chi connectivity index (χ4v) is 20.7. The molecule has 144 heavy (non-hydrogen) atoms. The number of benzene rings is 9. The number of ether oxygens (including phenoxy) is 12. The molecule has 0 N–H and O–H groups in total. The third kappa shape index (κ3) is 18.6. The molecular formula is C121H109N9O12Zn2. The normalized spacial score (nSPS) is 12.3. The molecule has 0 unspecified atom stereocenters. The van der Waals surface area contributed by atoms with Crippen LogP contribution < -0.4 is 81.7 Å². The molecule has 15 aromatic rings. The molecule has 9 aromatic carbocycles. The van der Waals surface area contributed by atoms with Gasteiger partial charge in [0.1, 0.15) is 0 Å². The van der Waals surface area contributed by atoms with E-state index in [-0.39, 0.29) is 39.0 Å². The molecule has 0 spiro atoms. The van der Waals surface area contributed by atoms with Crippen molar-refractivity contribution < 1.29 is 95.8 Å². The zero-order valence-corrected chi connectivity index (χ0v) is 89.5. The molecule has 21 nitrogen and oxygen atoms in total. The van der Waals surface area contributed by atoms with Gasteiger partial charge < -0.3 is 81.7 Å². The van der Waals surface area contributed by atoms with Gasteiger partial charge in [-0.25, -0.2) is 19.9 Å². The van der Waals surface area contributed by atoms with Crippen LogP contribution in [-0.2, 0) is 44.4 Å². The van der Waals surface area contributed by atoms with Crippen LogP contribution in [-0.4, -0.2) is 105 Å². The van der Waals surface area contributed by atoms with E-state index in [2.05, 4.69) is 213 Å². The minimum absolute atomic E-state index is 0. The van der Waals surface area contributed by atoms with Crippen molar-refractivity contribution in [2.24, 2.45) is 0 Å². The van der Waals surface area contributed by atoms with E-state index in [1.165, 1.54) is 11.1 Å². The SMILES string of the molecule is CCCCCCC1(CCCCCC)c2cc(-c3c4nc(c(-c5cc(OC)c(OC)c(OC)c5)c5ccc(cc6nc(c(-c7cc(OC)c(OC)c(OC)c7)c7ccc3[n-]7)C=C6)[n-]5)C=C4)ccc2-c2ccc(-c3c4nc(c(-c5cc(OC)c(OC)c(OC)c5)c5ccc([n-]5)c(/C=C/c5ccc(N(c6ccccc6)c6ccccc6)cc5)c5nc(c(-c6cc(OC)c(OC)c(OC)c6)c6ccc3[n-]6)C=C5)C=C4)cc21.[Zn+2].[Zn+2]. The van der Waals surface area contributed by atoms with Gasteiger partial charge in [-0.2, -0.15) is 0 Å². The molecule has 10 heterocycles. The predicted octanol–water partition coefficient (Wildman–Crippen LogP) is 28.1. The van der Waals surface area contributed by atoms with Crippen LogP contribution in [0.15, 0.2) is 224 Å². The Morgan fingerprint density at radius 3 is 0.944 bits per heavy atom. The number of anilines is 3. The third-order valence-electron chi connectivity index (χ3n) is 27.4. The Bertz CT molecular complexity index is 7670. The summed E-state index contributed by atoms with van der Waals surface area (Å²) in [7, 11) is 19.5. The summed E-state index contributed by atoms with van der Waals surface area (Å²) in [6, 6.07) is 77.7. The summed E-state index contributed by atoms with van der Waals surface area (Å²) in [6.07, 6.45) is 30.8. The fourth-order valence-electron chi connectivity index (χ4n) is 20.7. The van der Waals surface area contributed by atoms with Crippen molar-refractivity contribution in [3.63, 3.8) is 0 Å². The van der Waals surface area contributed by atoms with Crippen LogP contribution in [0, 0.1) is 0 Å². The van der Waals surface area contributed by atoms with Crippen LogP contribution in [0.1, 0.15) is 146 Å². The number of nitrogens with zero attached hydrogens (tertiary/aromatic N) is 9. The van der Waals surface area contributed by atoms with Crippen molar-refractivity contribution in [3.8, 4) is 147 Å². The first-order valence-corrected chi connectivity index (χ1v) is 48.0. The molecule has 20 rings (SSSR count). The Balaban J connectivity index is 0.00000682. The van der Waals surface area contributed by atoms with Gasteiger partial charge in [0, 0.05) is 22.5 Å². The second-order valence-electron chi connectivity index (χ2n) is 35.4. The maximum atomic E-state index is 6.18. The third-order valence-corrected chi connectivity index (χ3v) is 27.4. The van der Waals surface area contributed by atoms with Gasteiger partial charge in [0.05, 0.1) is 131 Å². The van der Waals surface area contributed by atoms with Gasteiger partial charge in [0.25, 0.3) is 0 Å². The molecule has 0 saturated heterocycles. The Kier molecular flexibility index (Phi) is 29.6. The minimum Gasteiger partial charge on any atom is -0.657 e. The molecule has 4 aliphatic heterocycles. The summed E-state index contributed by atoms with van der Waals surface area (Å²) < 4.78 is 72.9. The van der Waals surface area contributed by atoms with E-state index in [4.69, 9.17) is 96.7 Å². The van der Waals surface area contributed by atoms with E-state index < -0.39 is 5.41 Å². The van der Waals surface area contributed by atoms with E-state index >= 15 is 0 Å². The average Bonchev–Trinajstić information content (AvgIpc) is 1.55. The van der Waals surface area contributed by atoms with Gasteiger partial charge in [-0.1, -0.05) is 205 Å². The van der Waals surface area contributed by atoms with Gasteiger partial charge in [-0.15, -0.1) is 44.1 Å². The van der Waals surface area contributed by atoms with E-state index in [0.717, 1.165) is 159 Å². The monoisotopic (exact) mass is 2010 g/mol. The molecule has 5 aliphatic rings. The first-order chi connectivity index (χ1) is 69.7. The molecule has 0 atom stereocenters. The number of aromatic nitrogens is 8. The van der Waals surface area contributed by atoms with Crippen LogP contribution in [0.5, 0.6) is 69.0 Å². The van der Waals surface area contributed by atoms with Gasteiger partial charge in [0.2, 0.25) is 23.0 Å². The first kappa shape index (κ1) is 98.7. The Labute approximate surface area is 864 Å². The molecule has 6 aromatic heterocycles. The summed E-state index contributed by atoms with van der Waals surface area (Å²) in [5, 5.41) is 0. The standard InChI is InChI=1S/C121H109N9O12.2Zn/c1-15-17-19-27-59-121(60-28-20-18-16-2)87-61-73(111-93-51-55-99(126-93)113(75-63-103(131-3)117(139-11)104(64-75)132-4)91-45-38-79(122-91)71-80-39-46-92(123-80)114(100-56-52-94(111)127-100)76-65-105(133-5)118(140-12)106(66-76)134-6)36-43-84(87)85-44-37-74(62-88(85)121)112-95-53-57-101(128-95)115(77-67-107(135-7)119(141-13)108(68-77)136-8)97-49-47-89(124-97)86(42-35-72-33-40-83(41-34-72)130(81-29-23-21-24-30-81)82-31-25-22-26-32-82)90-48-50-98(125-90)116(102-58-54-96(112)129-102)78-69-109(137-9)120(142-14)110(70-78)138-10;;/h21-26,29-58,61-71H,15-20,27-28,59-60H2,1-14H3;;/q-4;2*+2/b42-35+,79-71?,80-71?,89-86?,90-86?,111-93?,111-94?,112-95?,112-96?,113-91?,113-99?,114-92?,114-100?,115-97?,115-101?,116-98?,116-102?;;. The van der Waals surface area contributed by atoms with Crippen molar-refractivity contribution in [1.29, 1.82) is 0 Å². The average molecular weight is 2010 g/mol. The van der Waals surface area contributed by atoms with E-state index in [1.54, 1.807) is 85.3 Å². The second-order valence-corrected chi connectivity index (χ2v) is 35.4. The molecule has 0 fully saturated rings. The number of para-hydroxylation sites is 2. The number of unbranched alkanes of at least 4 members (excludes halogenated alkanes) is 6. The largest absolute Gasteiger partial charge is 2.00 e. The summed E-state index contributed by atoms with van der Waals surface area (Å²) >= 11 is 0. The zero-order valence-electron chi connectivity index (χ0n) is 83.5. The molecule has 1 aliphatic carbocycles. The summed E-state index contributed by atoms with van der Waals surface area (Å²) in [5.74, 6) is 5.57. The Hall–Kier alpha value is -15.4. The van der Waals surface area contributed by atoms with E-state index in [9.17, 15) is 0 Å². The van der Waals surface area contributed by atoms with Crippen molar-refractivity contribution >= 4 is 122 Å². The maximum absolute atomic E-state index is 6.18. The molecule has 0 saturated carbocycles. The van der Waals surface area contributed by atoms with Crippen LogP contribution in [0.4, 0.5) is 17.1 Å². The van der Waals surface area contributed by atoms with E-state index in [1.807, 2.05) is 91.0 Å². The molecule has 714 valence electrons. The minimum atomic E-state index is -0.549. The number of methoxy groups -OCH3 is 12. The van der Waals surface area contributed by atoms with Crippen LogP contribution >= 0.6 is 0 Å². The van der Waals surface area contributed by atoms with Crippen molar-refractivity contribution in [3.05, 3.63) is 292 Å². The summed E-state index contributed by atoms with van der Waals surface area (Å²) in [4.78, 5) is 47.8.